The van der Waals surface area contributed by atoms with Crippen molar-refractivity contribution < 1.29 is 9.59 Å². The summed E-state index contributed by atoms with van der Waals surface area (Å²) < 4.78 is 0. The molecule has 1 aromatic rings. The van der Waals surface area contributed by atoms with Gasteiger partial charge in [0.2, 0.25) is 0 Å². The Balaban J connectivity index is 2.01. The Bertz CT molecular complexity index is 561. The van der Waals surface area contributed by atoms with E-state index < -0.39 is 0 Å². The molecule has 0 saturated carbocycles. The number of likely N-dealkylation sites (tertiary alicyclic amines) is 1. The van der Waals surface area contributed by atoms with Gasteiger partial charge in [0.15, 0.2) is 0 Å². The minimum Gasteiger partial charge on any atom is -0.352 e. The van der Waals surface area contributed by atoms with Gasteiger partial charge >= 0.3 is 0 Å². The SMILES string of the molecule is CC(C)(C)CNC(=O)c1ccc(C(=O)N2CCCC2CN)cc1. The fraction of sp³-hybridized carbons (Fsp3) is 0.556. The van der Waals surface area contributed by atoms with Crippen LogP contribution in [0.5, 0.6) is 0 Å². The Kier molecular flexibility index (Phi) is 5.42. The van der Waals surface area contributed by atoms with Crippen LogP contribution in [0.4, 0.5) is 0 Å². The van der Waals surface area contributed by atoms with E-state index in [1.54, 1.807) is 24.3 Å². The number of carbonyl (C=O) groups excluding carboxylic acids is 2. The van der Waals surface area contributed by atoms with Crippen LogP contribution in [0.15, 0.2) is 24.3 Å². The average molecular weight is 317 g/mol. The van der Waals surface area contributed by atoms with Crippen molar-refractivity contribution in [2.24, 2.45) is 11.1 Å². The minimum absolute atomic E-state index is 0.000371. The Morgan fingerprint density at radius 3 is 2.39 bits per heavy atom. The highest BCUT2D eigenvalue weighted by molar-refractivity contribution is 5.98. The van der Waals surface area contributed by atoms with Crippen molar-refractivity contribution in [2.75, 3.05) is 19.6 Å². The van der Waals surface area contributed by atoms with Crippen LogP contribution in [0.25, 0.3) is 0 Å². The van der Waals surface area contributed by atoms with Crippen LogP contribution in [-0.4, -0.2) is 42.4 Å². The third-order valence-corrected chi connectivity index (χ3v) is 4.08. The molecule has 3 N–H and O–H groups in total. The first-order valence-corrected chi connectivity index (χ1v) is 8.21. The standard InChI is InChI=1S/C18H27N3O2/c1-18(2,3)12-20-16(22)13-6-8-14(9-7-13)17(23)21-10-4-5-15(21)11-19/h6-9,15H,4-5,10-12,19H2,1-3H3,(H,20,22). The zero-order chi connectivity index (χ0) is 17.0. The van der Waals surface area contributed by atoms with Crippen LogP contribution in [0.2, 0.25) is 0 Å². The Labute approximate surface area is 138 Å². The molecule has 1 aliphatic rings. The molecule has 2 amide bonds. The quantitative estimate of drug-likeness (QED) is 0.892. The third kappa shape index (κ3) is 4.55. The van der Waals surface area contributed by atoms with Crippen molar-refractivity contribution in [1.29, 1.82) is 0 Å². The van der Waals surface area contributed by atoms with Gasteiger partial charge in [0.1, 0.15) is 0 Å². The number of hydrogen-bond acceptors (Lipinski definition) is 3. The molecule has 1 fully saturated rings. The summed E-state index contributed by atoms with van der Waals surface area (Å²) >= 11 is 0. The smallest absolute Gasteiger partial charge is 0.254 e. The van der Waals surface area contributed by atoms with Crippen molar-refractivity contribution >= 4 is 11.8 Å². The van der Waals surface area contributed by atoms with Gasteiger partial charge in [-0.15, -0.1) is 0 Å². The number of hydrogen-bond donors (Lipinski definition) is 2. The molecule has 5 heteroatoms. The van der Waals surface area contributed by atoms with Gasteiger partial charge in [0, 0.05) is 36.8 Å². The maximum absolute atomic E-state index is 12.5. The summed E-state index contributed by atoms with van der Waals surface area (Å²) in [5, 5.41) is 2.91. The number of nitrogens with two attached hydrogens (primary N) is 1. The van der Waals surface area contributed by atoms with E-state index in [9.17, 15) is 9.59 Å². The molecule has 1 aliphatic heterocycles. The summed E-state index contributed by atoms with van der Waals surface area (Å²) in [6.07, 6.45) is 1.97. The van der Waals surface area contributed by atoms with Crippen LogP contribution in [-0.2, 0) is 0 Å². The summed E-state index contributed by atoms with van der Waals surface area (Å²) in [4.78, 5) is 26.5. The molecule has 1 aromatic carbocycles. The molecule has 0 spiro atoms. The summed E-state index contributed by atoms with van der Waals surface area (Å²) in [7, 11) is 0. The highest BCUT2D eigenvalue weighted by atomic mass is 16.2. The van der Waals surface area contributed by atoms with Gasteiger partial charge in [0.25, 0.3) is 11.8 Å². The molecular weight excluding hydrogens is 290 g/mol. The summed E-state index contributed by atoms with van der Waals surface area (Å²) in [6.45, 7) is 8.07. The molecule has 1 heterocycles. The highest BCUT2D eigenvalue weighted by Crippen LogP contribution is 2.19. The van der Waals surface area contributed by atoms with Crippen molar-refractivity contribution in [3.05, 3.63) is 35.4 Å². The second-order valence-electron chi connectivity index (χ2n) is 7.35. The fourth-order valence-corrected chi connectivity index (χ4v) is 2.73. The fourth-order valence-electron chi connectivity index (χ4n) is 2.73. The first-order chi connectivity index (χ1) is 10.8. The van der Waals surface area contributed by atoms with Crippen molar-refractivity contribution in [3.63, 3.8) is 0 Å². The number of amides is 2. The summed E-state index contributed by atoms with van der Waals surface area (Å²) in [6, 6.07) is 7.00. The van der Waals surface area contributed by atoms with Crippen LogP contribution < -0.4 is 11.1 Å². The van der Waals surface area contributed by atoms with E-state index in [0.29, 0.717) is 24.2 Å². The van der Waals surface area contributed by atoms with Gasteiger partial charge in [0.05, 0.1) is 0 Å². The molecule has 1 saturated heterocycles. The highest BCUT2D eigenvalue weighted by Gasteiger charge is 2.28. The molecule has 5 nitrogen and oxygen atoms in total. The predicted octanol–water partition coefficient (Wildman–Crippen LogP) is 2.03. The molecule has 0 radical (unpaired) electrons. The Hall–Kier alpha value is -1.88. The average Bonchev–Trinajstić information content (AvgIpc) is 3.00. The lowest BCUT2D eigenvalue weighted by molar-refractivity contribution is 0.0740. The Morgan fingerprint density at radius 2 is 1.83 bits per heavy atom. The van der Waals surface area contributed by atoms with E-state index in [4.69, 9.17) is 5.73 Å². The number of benzene rings is 1. The predicted molar refractivity (Wildman–Crippen MR) is 91.3 cm³/mol. The second-order valence-corrected chi connectivity index (χ2v) is 7.35. The molecule has 0 bridgehead atoms. The van der Waals surface area contributed by atoms with Crippen molar-refractivity contribution in [2.45, 2.75) is 39.7 Å². The van der Waals surface area contributed by atoms with Gasteiger partial charge in [-0.2, -0.15) is 0 Å². The zero-order valence-electron chi connectivity index (χ0n) is 14.3. The van der Waals surface area contributed by atoms with Crippen LogP contribution in [0.3, 0.4) is 0 Å². The van der Waals surface area contributed by atoms with Gasteiger partial charge in [-0.1, -0.05) is 20.8 Å². The van der Waals surface area contributed by atoms with E-state index in [-0.39, 0.29) is 23.3 Å². The lowest BCUT2D eigenvalue weighted by Crippen LogP contribution is -2.39. The van der Waals surface area contributed by atoms with Crippen LogP contribution >= 0.6 is 0 Å². The molecule has 126 valence electrons. The summed E-state index contributed by atoms with van der Waals surface area (Å²) in [5.74, 6) is -0.112. The minimum atomic E-state index is -0.111. The molecule has 0 aliphatic carbocycles. The molecule has 0 aromatic heterocycles. The van der Waals surface area contributed by atoms with E-state index >= 15 is 0 Å². The number of rotatable bonds is 4. The topological polar surface area (TPSA) is 75.4 Å². The number of carbonyl (C=O) groups is 2. The molecule has 23 heavy (non-hydrogen) atoms. The number of nitrogens with one attached hydrogen (secondary N) is 1. The van der Waals surface area contributed by atoms with E-state index in [1.165, 1.54) is 0 Å². The van der Waals surface area contributed by atoms with Gasteiger partial charge < -0.3 is 16.0 Å². The maximum atomic E-state index is 12.5. The second kappa shape index (κ2) is 7.13. The Morgan fingerprint density at radius 1 is 1.22 bits per heavy atom. The van der Waals surface area contributed by atoms with E-state index in [0.717, 1.165) is 19.4 Å². The monoisotopic (exact) mass is 317 g/mol. The molecular formula is C18H27N3O2. The molecule has 1 atom stereocenters. The van der Waals surface area contributed by atoms with Crippen LogP contribution in [0.1, 0.15) is 54.3 Å². The van der Waals surface area contributed by atoms with Crippen LogP contribution in [0, 0.1) is 5.41 Å². The van der Waals surface area contributed by atoms with Gasteiger partial charge in [-0.05, 0) is 42.5 Å². The summed E-state index contributed by atoms with van der Waals surface area (Å²) in [5.41, 5.74) is 6.95. The van der Waals surface area contributed by atoms with E-state index in [1.807, 2.05) is 4.90 Å². The third-order valence-electron chi connectivity index (χ3n) is 4.08. The normalized spacial score (nSPS) is 18.1. The van der Waals surface area contributed by atoms with Gasteiger partial charge in [-0.25, -0.2) is 0 Å². The lowest BCUT2D eigenvalue weighted by atomic mass is 9.97. The largest absolute Gasteiger partial charge is 0.352 e. The van der Waals surface area contributed by atoms with Gasteiger partial charge in [-0.3, -0.25) is 9.59 Å². The first kappa shape index (κ1) is 17.5. The maximum Gasteiger partial charge on any atom is 0.254 e. The van der Waals surface area contributed by atoms with Crippen molar-refractivity contribution in [3.8, 4) is 0 Å². The zero-order valence-corrected chi connectivity index (χ0v) is 14.3. The van der Waals surface area contributed by atoms with E-state index in [2.05, 4.69) is 26.1 Å². The lowest BCUT2D eigenvalue weighted by Gasteiger charge is -2.23. The van der Waals surface area contributed by atoms with Crippen molar-refractivity contribution in [1.82, 2.24) is 10.2 Å². The first-order valence-electron chi connectivity index (χ1n) is 8.21. The molecule has 2 rings (SSSR count). The number of nitrogens with zero attached hydrogens (tertiary/aromatic N) is 1. The molecule has 1 unspecified atom stereocenters.